The summed E-state index contributed by atoms with van der Waals surface area (Å²) in [4.78, 5) is 37.1. The van der Waals surface area contributed by atoms with Crippen LogP contribution in [0, 0.1) is 21.4 Å². The molecule has 1 N–H and O–H groups in total. The normalized spacial score (nSPS) is 24.7. The van der Waals surface area contributed by atoms with Gasteiger partial charge in [-0.3, -0.25) is 19.7 Å². The first-order chi connectivity index (χ1) is 11.9. The van der Waals surface area contributed by atoms with Crippen LogP contribution in [0.2, 0.25) is 0 Å². The highest BCUT2D eigenvalue weighted by molar-refractivity contribution is 6.00. The smallest absolute Gasteiger partial charge is 0.313 e. The lowest BCUT2D eigenvalue weighted by atomic mass is 9.81. The number of carbonyl (C=O) groups excluding carboxylic acids is 2. The summed E-state index contributed by atoms with van der Waals surface area (Å²) >= 11 is 0. The first kappa shape index (κ1) is 17.2. The van der Waals surface area contributed by atoms with E-state index < -0.39 is 10.3 Å². The molecule has 1 aromatic rings. The summed E-state index contributed by atoms with van der Waals surface area (Å²) in [6.45, 7) is 1.10. The third-order valence-corrected chi connectivity index (χ3v) is 5.47. The van der Waals surface area contributed by atoms with Gasteiger partial charge in [-0.2, -0.15) is 0 Å². The maximum absolute atomic E-state index is 12.4. The molecule has 8 heteroatoms. The molecule has 0 bridgehead atoms. The Labute approximate surface area is 145 Å². The van der Waals surface area contributed by atoms with Gasteiger partial charge in [0.25, 0.3) is 11.6 Å². The van der Waals surface area contributed by atoms with Crippen molar-refractivity contribution in [3.05, 3.63) is 33.9 Å². The van der Waals surface area contributed by atoms with Gasteiger partial charge in [-0.15, -0.1) is 0 Å². The van der Waals surface area contributed by atoms with Crippen molar-refractivity contribution in [2.45, 2.75) is 19.3 Å². The molecule has 25 heavy (non-hydrogen) atoms. The largest absolute Gasteiger partial charge is 0.469 e. The number of hydrogen-bond acceptors (Lipinski definition) is 6. The van der Waals surface area contributed by atoms with E-state index in [1.165, 1.54) is 26.3 Å². The number of amides is 1. The number of esters is 1. The second-order valence-corrected chi connectivity index (χ2v) is 6.66. The zero-order chi connectivity index (χ0) is 18.2. The Morgan fingerprint density at radius 3 is 2.84 bits per heavy atom. The van der Waals surface area contributed by atoms with Crippen LogP contribution in [0.3, 0.4) is 0 Å². The molecular formula is C17H21N3O5. The number of nitrogens with zero attached hydrogens (tertiary/aromatic N) is 2. The summed E-state index contributed by atoms with van der Waals surface area (Å²) in [5.41, 5.74) is 0.181. The van der Waals surface area contributed by atoms with Gasteiger partial charge in [-0.1, -0.05) is 6.42 Å². The minimum atomic E-state index is -0.545. The van der Waals surface area contributed by atoms with E-state index >= 15 is 0 Å². The first-order valence-electron chi connectivity index (χ1n) is 8.27. The average molecular weight is 347 g/mol. The molecule has 1 saturated heterocycles. The Bertz CT molecular complexity index is 735. The topological polar surface area (TPSA) is 102 Å². The molecule has 8 nitrogen and oxygen atoms in total. The van der Waals surface area contributed by atoms with E-state index in [1.807, 2.05) is 4.90 Å². The molecule has 3 rings (SSSR count). The van der Waals surface area contributed by atoms with Gasteiger partial charge in [0.05, 0.1) is 28.7 Å². The highest BCUT2D eigenvalue weighted by Gasteiger charge is 2.55. The van der Waals surface area contributed by atoms with Crippen LogP contribution in [-0.4, -0.2) is 44.0 Å². The highest BCUT2D eigenvalue weighted by atomic mass is 16.6. The third-order valence-electron chi connectivity index (χ3n) is 5.47. The van der Waals surface area contributed by atoms with E-state index in [2.05, 4.69) is 5.32 Å². The maximum atomic E-state index is 12.4. The Morgan fingerprint density at radius 2 is 2.20 bits per heavy atom. The molecule has 1 aromatic carbocycles. The minimum Gasteiger partial charge on any atom is -0.469 e. The maximum Gasteiger partial charge on any atom is 0.313 e. The van der Waals surface area contributed by atoms with Crippen molar-refractivity contribution < 1.29 is 19.2 Å². The molecule has 1 aliphatic heterocycles. The second kappa shape index (κ2) is 6.34. The van der Waals surface area contributed by atoms with Gasteiger partial charge in [0.1, 0.15) is 0 Å². The Morgan fingerprint density at radius 1 is 1.44 bits per heavy atom. The van der Waals surface area contributed by atoms with E-state index in [1.54, 1.807) is 6.07 Å². The average Bonchev–Trinajstić information content (AvgIpc) is 3.17. The number of anilines is 1. The van der Waals surface area contributed by atoms with Crippen LogP contribution in [0.15, 0.2) is 18.2 Å². The van der Waals surface area contributed by atoms with Crippen LogP contribution in [0.5, 0.6) is 0 Å². The van der Waals surface area contributed by atoms with Crippen molar-refractivity contribution in [2.24, 2.45) is 11.3 Å². The fourth-order valence-electron chi connectivity index (χ4n) is 4.24. The summed E-state index contributed by atoms with van der Waals surface area (Å²) in [6.07, 6.45) is 2.69. The molecule has 1 amide bonds. The van der Waals surface area contributed by atoms with E-state index in [4.69, 9.17) is 4.74 Å². The number of benzene rings is 1. The Hall–Kier alpha value is -2.64. The summed E-state index contributed by atoms with van der Waals surface area (Å²) in [5, 5.41) is 13.6. The number of rotatable bonds is 4. The predicted octanol–water partition coefficient (Wildman–Crippen LogP) is 1.73. The number of ether oxygens (including phenoxy) is 1. The van der Waals surface area contributed by atoms with Crippen molar-refractivity contribution in [3.63, 3.8) is 0 Å². The molecule has 1 heterocycles. The van der Waals surface area contributed by atoms with Crippen LogP contribution in [0.1, 0.15) is 29.6 Å². The summed E-state index contributed by atoms with van der Waals surface area (Å²) in [5.74, 6) is -0.420. The van der Waals surface area contributed by atoms with E-state index in [-0.39, 0.29) is 29.0 Å². The van der Waals surface area contributed by atoms with Crippen LogP contribution >= 0.6 is 0 Å². The van der Waals surface area contributed by atoms with Crippen molar-refractivity contribution in [1.82, 2.24) is 5.32 Å². The number of nitro benzene ring substituents is 1. The fraction of sp³-hybridized carbons (Fsp3) is 0.529. The molecule has 2 unspecified atom stereocenters. The van der Waals surface area contributed by atoms with Crippen LogP contribution < -0.4 is 10.2 Å². The number of fused-ring (bicyclic) bond motifs is 1. The lowest BCUT2D eigenvalue weighted by Gasteiger charge is -2.26. The number of carbonyl (C=O) groups is 2. The molecule has 1 aliphatic carbocycles. The van der Waals surface area contributed by atoms with E-state index in [0.29, 0.717) is 18.8 Å². The van der Waals surface area contributed by atoms with Crippen molar-refractivity contribution >= 4 is 23.3 Å². The minimum absolute atomic E-state index is 0.135. The van der Waals surface area contributed by atoms with Crippen molar-refractivity contribution in [3.8, 4) is 0 Å². The first-order valence-corrected chi connectivity index (χ1v) is 8.27. The van der Waals surface area contributed by atoms with Gasteiger partial charge in [0.15, 0.2) is 0 Å². The molecule has 0 aromatic heterocycles. The Balaban J connectivity index is 1.99. The summed E-state index contributed by atoms with van der Waals surface area (Å²) in [7, 11) is 2.89. The molecular weight excluding hydrogens is 326 g/mol. The number of methoxy groups -OCH3 is 1. The molecule has 0 radical (unpaired) electrons. The van der Waals surface area contributed by atoms with Crippen LogP contribution in [0.25, 0.3) is 0 Å². The summed E-state index contributed by atoms with van der Waals surface area (Å²) < 4.78 is 5.04. The van der Waals surface area contributed by atoms with Crippen molar-refractivity contribution in [1.29, 1.82) is 0 Å². The fourth-order valence-corrected chi connectivity index (χ4v) is 4.24. The third kappa shape index (κ3) is 2.71. The summed E-state index contributed by atoms with van der Waals surface area (Å²) in [6, 6.07) is 4.27. The molecule has 2 atom stereocenters. The molecule has 134 valence electrons. The van der Waals surface area contributed by atoms with Gasteiger partial charge >= 0.3 is 5.97 Å². The monoisotopic (exact) mass is 347 g/mol. The molecule has 2 fully saturated rings. The molecule has 0 spiro atoms. The van der Waals surface area contributed by atoms with Crippen LogP contribution in [0.4, 0.5) is 11.4 Å². The Kier molecular flexibility index (Phi) is 4.36. The standard InChI is InChI=1S/C17H21N3O5/c1-18-15(21)13-8-12(20(23)24)5-6-14(13)19-9-11-4-3-7-17(11,10-19)16(22)25-2/h5-6,8,11H,3-4,7,9-10H2,1-2H3,(H,18,21). The predicted molar refractivity (Wildman–Crippen MR) is 90.5 cm³/mol. The highest BCUT2D eigenvalue weighted by Crippen LogP contribution is 2.50. The second-order valence-electron chi connectivity index (χ2n) is 6.66. The zero-order valence-corrected chi connectivity index (χ0v) is 14.3. The number of nitrogens with one attached hydrogen (secondary N) is 1. The molecule has 1 saturated carbocycles. The van der Waals surface area contributed by atoms with Gasteiger partial charge in [0.2, 0.25) is 0 Å². The van der Waals surface area contributed by atoms with Crippen LogP contribution in [-0.2, 0) is 9.53 Å². The van der Waals surface area contributed by atoms with Gasteiger partial charge in [0, 0.05) is 32.3 Å². The zero-order valence-electron chi connectivity index (χ0n) is 14.3. The molecule has 2 aliphatic rings. The van der Waals surface area contributed by atoms with Gasteiger partial charge in [-0.05, 0) is 24.8 Å². The lowest BCUT2D eigenvalue weighted by Crippen LogP contribution is -2.37. The number of hydrogen-bond donors (Lipinski definition) is 1. The number of non-ortho nitro benzene ring substituents is 1. The van der Waals surface area contributed by atoms with Gasteiger partial charge in [-0.25, -0.2) is 0 Å². The SMILES string of the molecule is CNC(=O)c1cc([N+](=O)[O-])ccc1N1CC2CCCC2(C(=O)OC)C1. The van der Waals surface area contributed by atoms with E-state index in [0.717, 1.165) is 19.3 Å². The van der Waals surface area contributed by atoms with E-state index in [9.17, 15) is 19.7 Å². The number of nitro groups is 1. The lowest BCUT2D eigenvalue weighted by molar-refractivity contribution is -0.384. The quantitative estimate of drug-likeness (QED) is 0.506. The van der Waals surface area contributed by atoms with Gasteiger partial charge < -0.3 is 15.0 Å². The van der Waals surface area contributed by atoms with Crippen molar-refractivity contribution in [2.75, 3.05) is 32.1 Å².